The van der Waals surface area contributed by atoms with E-state index < -0.39 is 9.85 Å². The van der Waals surface area contributed by atoms with Crippen molar-refractivity contribution in [2.24, 2.45) is 5.73 Å². The van der Waals surface area contributed by atoms with E-state index in [4.69, 9.17) is 40.5 Å². The smallest absolute Gasteiger partial charge is 0.329 e. The SMILES string of the molecule is NCCc1cnc[nH]1.O=[N+]([O-])c1c(Cl)nc2ccccc2c1Cl.O=[N+]([O-])c1c(Cl)nc2ccccc2c1NCCc1cnc[nH]1. The van der Waals surface area contributed by atoms with Crippen LogP contribution in [0.5, 0.6) is 0 Å². The van der Waals surface area contributed by atoms with E-state index in [0.29, 0.717) is 47.0 Å². The average molecular weight is 672 g/mol. The molecule has 0 radical (unpaired) electrons. The first kappa shape index (κ1) is 33.0. The number of nitrogens with zero attached hydrogens (tertiary/aromatic N) is 6. The van der Waals surface area contributed by atoms with Crippen LogP contribution in [0.1, 0.15) is 11.4 Å². The van der Waals surface area contributed by atoms with Crippen molar-refractivity contribution >= 4 is 73.7 Å². The number of rotatable bonds is 8. The molecule has 4 aromatic heterocycles. The number of fused-ring (bicyclic) bond motifs is 2. The summed E-state index contributed by atoms with van der Waals surface area (Å²) in [5.41, 5.74) is 8.31. The van der Waals surface area contributed by atoms with Crippen LogP contribution in [0.2, 0.25) is 15.3 Å². The minimum absolute atomic E-state index is 0.0237. The van der Waals surface area contributed by atoms with Crippen LogP contribution in [0.3, 0.4) is 0 Å². The summed E-state index contributed by atoms with van der Waals surface area (Å²) < 4.78 is 0. The van der Waals surface area contributed by atoms with Crippen molar-refractivity contribution in [1.29, 1.82) is 0 Å². The highest BCUT2D eigenvalue weighted by Crippen LogP contribution is 2.38. The Bertz CT molecular complexity index is 1900. The van der Waals surface area contributed by atoms with Gasteiger partial charge < -0.3 is 21.0 Å². The lowest BCUT2D eigenvalue weighted by Gasteiger charge is -2.10. The second kappa shape index (κ2) is 15.7. The molecular weight excluding hydrogens is 647 g/mol. The Morgan fingerprint density at radius 3 is 1.80 bits per heavy atom. The Hall–Kier alpha value is -4.89. The number of para-hydroxylation sites is 2. The van der Waals surface area contributed by atoms with E-state index in [-0.39, 0.29) is 26.7 Å². The molecule has 14 nitrogen and oxygen atoms in total. The van der Waals surface area contributed by atoms with E-state index in [1.807, 2.05) is 12.1 Å². The first-order valence-electron chi connectivity index (χ1n) is 13.2. The maximum absolute atomic E-state index is 11.3. The molecule has 17 heteroatoms. The van der Waals surface area contributed by atoms with Crippen LogP contribution in [-0.2, 0) is 12.8 Å². The number of H-pyrrole nitrogens is 2. The fourth-order valence-corrected chi connectivity index (χ4v) is 5.00. The predicted molar refractivity (Wildman–Crippen MR) is 174 cm³/mol. The molecule has 0 saturated heterocycles. The van der Waals surface area contributed by atoms with E-state index in [1.54, 1.807) is 61.4 Å². The third-order valence-electron chi connectivity index (χ3n) is 6.17. The van der Waals surface area contributed by atoms with Crippen LogP contribution in [0.15, 0.2) is 73.6 Å². The first-order valence-corrected chi connectivity index (χ1v) is 14.3. The van der Waals surface area contributed by atoms with Gasteiger partial charge in [-0.05, 0) is 18.7 Å². The van der Waals surface area contributed by atoms with E-state index in [0.717, 1.165) is 17.8 Å². The van der Waals surface area contributed by atoms with Crippen LogP contribution in [-0.4, -0.2) is 52.8 Å². The van der Waals surface area contributed by atoms with Gasteiger partial charge in [-0.3, -0.25) is 20.2 Å². The Labute approximate surface area is 270 Å². The topological polar surface area (TPSA) is 207 Å². The van der Waals surface area contributed by atoms with Crippen LogP contribution < -0.4 is 11.1 Å². The Morgan fingerprint density at radius 2 is 1.27 bits per heavy atom. The highest BCUT2D eigenvalue weighted by molar-refractivity contribution is 6.41. The van der Waals surface area contributed by atoms with E-state index in [2.05, 4.69) is 35.2 Å². The molecule has 0 amide bonds. The number of imidazole rings is 2. The fourth-order valence-electron chi connectivity index (χ4n) is 4.13. The number of hydrogen-bond acceptors (Lipinski definition) is 10. The monoisotopic (exact) mass is 670 g/mol. The van der Waals surface area contributed by atoms with Gasteiger partial charge in [0.05, 0.1) is 33.5 Å². The summed E-state index contributed by atoms with van der Waals surface area (Å²) in [7, 11) is 0. The van der Waals surface area contributed by atoms with Gasteiger partial charge in [0, 0.05) is 53.9 Å². The third-order valence-corrected chi connectivity index (χ3v) is 7.08. The van der Waals surface area contributed by atoms with Crippen LogP contribution in [0.4, 0.5) is 17.1 Å². The van der Waals surface area contributed by atoms with Gasteiger partial charge in [0.1, 0.15) is 10.7 Å². The summed E-state index contributed by atoms with van der Waals surface area (Å²) in [4.78, 5) is 42.5. The number of nitro groups is 2. The van der Waals surface area contributed by atoms with E-state index in [1.165, 1.54) is 0 Å². The molecule has 0 aliphatic heterocycles. The lowest BCUT2D eigenvalue weighted by molar-refractivity contribution is -0.384. The Kier molecular flexibility index (Phi) is 11.5. The number of nitrogens with two attached hydrogens (primary N) is 1. The third kappa shape index (κ3) is 8.39. The van der Waals surface area contributed by atoms with Gasteiger partial charge in [0.25, 0.3) is 0 Å². The summed E-state index contributed by atoms with van der Waals surface area (Å²) in [5, 5.41) is 26.0. The van der Waals surface area contributed by atoms with Gasteiger partial charge >= 0.3 is 11.4 Å². The van der Waals surface area contributed by atoms with Crippen LogP contribution in [0, 0.1) is 20.2 Å². The molecule has 0 saturated carbocycles. The molecule has 0 aliphatic rings. The second-order valence-electron chi connectivity index (χ2n) is 9.11. The molecule has 0 atom stereocenters. The van der Waals surface area contributed by atoms with Crippen molar-refractivity contribution in [3.8, 4) is 0 Å². The van der Waals surface area contributed by atoms with E-state index >= 15 is 0 Å². The predicted octanol–water partition coefficient (Wildman–Crippen LogP) is 6.53. The number of aromatic nitrogens is 6. The Morgan fingerprint density at radius 1 is 0.756 bits per heavy atom. The molecule has 6 rings (SSSR count). The number of anilines is 1. The quantitative estimate of drug-likeness (QED) is 0.0780. The standard InChI is InChI=1S/C14H12ClN5O2.C9H4Cl2N2O2.C5H9N3/c15-14-13(20(21)22)12(10-3-1-2-4-11(10)19-14)17-6-5-9-7-16-8-18-9;10-7-5-3-1-2-4-6(5)12-9(11)8(7)13(14)15;6-2-1-5-3-7-4-8-5/h1-4,7-8H,5-6H2,(H,16,18)(H,17,19);1-4H;3-4H,1-2,6H2,(H,7,8). The number of benzene rings is 2. The molecule has 0 aliphatic carbocycles. The van der Waals surface area contributed by atoms with Crippen molar-refractivity contribution < 1.29 is 9.85 Å². The van der Waals surface area contributed by atoms with Crippen molar-refractivity contribution in [2.45, 2.75) is 12.8 Å². The maximum Gasteiger partial charge on any atom is 0.329 e. The fraction of sp³-hybridized carbons (Fsp3) is 0.143. The van der Waals surface area contributed by atoms with E-state index in [9.17, 15) is 20.2 Å². The zero-order valence-electron chi connectivity index (χ0n) is 23.3. The van der Waals surface area contributed by atoms with Gasteiger partial charge in [-0.15, -0.1) is 0 Å². The molecule has 6 aromatic rings. The number of hydrogen-bond donors (Lipinski definition) is 4. The maximum atomic E-state index is 11.3. The van der Waals surface area contributed by atoms with Crippen LogP contribution in [0.25, 0.3) is 21.8 Å². The first-order chi connectivity index (χ1) is 21.7. The highest BCUT2D eigenvalue weighted by Gasteiger charge is 2.24. The molecule has 0 spiro atoms. The van der Waals surface area contributed by atoms with Crippen molar-refractivity contribution in [3.05, 3.63) is 121 Å². The Balaban J connectivity index is 0.000000172. The molecule has 5 N–H and O–H groups in total. The van der Waals surface area contributed by atoms with Gasteiger partial charge in [0.2, 0.25) is 10.3 Å². The minimum atomic E-state index is -0.635. The van der Waals surface area contributed by atoms with Crippen molar-refractivity contribution in [1.82, 2.24) is 29.9 Å². The van der Waals surface area contributed by atoms with Crippen LogP contribution >= 0.6 is 34.8 Å². The summed E-state index contributed by atoms with van der Waals surface area (Å²) in [6.45, 7) is 1.19. The molecule has 232 valence electrons. The number of aromatic amines is 2. The molecule has 0 bridgehead atoms. The molecule has 4 heterocycles. The highest BCUT2D eigenvalue weighted by atomic mass is 35.5. The zero-order chi connectivity index (χ0) is 32.3. The largest absolute Gasteiger partial charge is 0.378 e. The lowest BCUT2D eigenvalue weighted by atomic mass is 10.1. The number of halogens is 3. The zero-order valence-corrected chi connectivity index (χ0v) is 25.6. The average Bonchev–Trinajstić information content (AvgIpc) is 3.73. The summed E-state index contributed by atoms with van der Waals surface area (Å²) in [6, 6.07) is 14.0. The minimum Gasteiger partial charge on any atom is -0.378 e. The molecule has 0 unspecified atom stereocenters. The second-order valence-corrected chi connectivity index (χ2v) is 10.2. The normalized spacial score (nSPS) is 10.5. The lowest BCUT2D eigenvalue weighted by Crippen LogP contribution is -2.08. The van der Waals surface area contributed by atoms with Crippen molar-refractivity contribution in [2.75, 3.05) is 18.4 Å². The van der Waals surface area contributed by atoms with Gasteiger partial charge in [0.15, 0.2) is 0 Å². The summed E-state index contributed by atoms with van der Waals surface area (Å²) >= 11 is 17.5. The molecule has 2 aromatic carbocycles. The van der Waals surface area contributed by atoms with Gasteiger partial charge in [-0.2, -0.15) is 0 Å². The number of nitrogens with one attached hydrogen (secondary N) is 3. The van der Waals surface area contributed by atoms with Gasteiger partial charge in [-0.25, -0.2) is 19.9 Å². The van der Waals surface area contributed by atoms with Gasteiger partial charge in [-0.1, -0.05) is 71.2 Å². The molecular formula is C28H25Cl3N10O4. The summed E-state index contributed by atoms with van der Waals surface area (Å²) in [6.07, 6.45) is 8.30. The number of pyridine rings is 2. The molecule has 0 fully saturated rings. The van der Waals surface area contributed by atoms with Crippen molar-refractivity contribution in [3.63, 3.8) is 0 Å². The summed E-state index contributed by atoms with van der Waals surface area (Å²) in [5.74, 6) is 0. The molecule has 45 heavy (non-hydrogen) atoms.